The number of hydrogen-bond acceptors (Lipinski definition) is 4. The summed E-state index contributed by atoms with van der Waals surface area (Å²) in [6.45, 7) is 0. The minimum atomic E-state index is 0.369. The number of hydrogen-bond donors (Lipinski definition) is 1. The third kappa shape index (κ3) is 2.29. The number of anilines is 1. The molecular formula is C10H14BrN3O. The van der Waals surface area contributed by atoms with Gasteiger partial charge in [0.1, 0.15) is 4.60 Å². The first-order valence-electron chi connectivity index (χ1n) is 5.01. The number of nitrogens with zero attached hydrogens (tertiary/aromatic N) is 2. The Bertz CT molecular complexity index is 359. The summed E-state index contributed by atoms with van der Waals surface area (Å²) in [6.07, 6.45) is 5.38. The van der Waals surface area contributed by atoms with Gasteiger partial charge in [-0.25, -0.2) is 9.97 Å². The summed E-state index contributed by atoms with van der Waals surface area (Å²) in [7, 11) is 1.76. The maximum atomic E-state index is 5.60. The summed E-state index contributed by atoms with van der Waals surface area (Å²) >= 11 is 3.30. The van der Waals surface area contributed by atoms with Crippen molar-refractivity contribution in [3.63, 3.8) is 0 Å². The van der Waals surface area contributed by atoms with Gasteiger partial charge in [0.2, 0.25) is 0 Å². The maximum absolute atomic E-state index is 5.60. The first-order valence-corrected chi connectivity index (χ1v) is 5.80. The van der Waals surface area contributed by atoms with Crippen LogP contribution < -0.4 is 5.73 Å². The third-order valence-corrected chi connectivity index (χ3v) is 3.49. The highest BCUT2D eigenvalue weighted by atomic mass is 79.9. The van der Waals surface area contributed by atoms with E-state index in [2.05, 4.69) is 25.9 Å². The van der Waals surface area contributed by atoms with Crippen LogP contribution >= 0.6 is 15.9 Å². The molecule has 5 heteroatoms. The van der Waals surface area contributed by atoms with Gasteiger partial charge < -0.3 is 10.5 Å². The van der Waals surface area contributed by atoms with E-state index in [9.17, 15) is 0 Å². The summed E-state index contributed by atoms with van der Waals surface area (Å²) in [5.74, 6) is 0.902. The smallest absolute Gasteiger partial charge is 0.156 e. The normalized spacial score (nSPS) is 25.7. The molecule has 1 aromatic rings. The minimum Gasteiger partial charge on any atom is -0.381 e. The Kier molecular flexibility index (Phi) is 3.21. The van der Waals surface area contributed by atoms with Crippen molar-refractivity contribution in [1.82, 2.24) is 9.97 Å². The van der Waals surface area contributed by atoms with Gasteiger partial charge in [0.05, 0.1) is 18.0 Å². The Labute approximate surface area is 97.4 Å². The second-order valence-corrected chi connectivity index (χ2v) is 4.59. The second-order valence-electron chi connectivity index (χ2n) is 3.84. The molecule has 0 amide bonds. The van der Waals surface area contributed by atoms with Crippen LogP contribution in [0.25, 0.3) is 0 Å². The van der Waals surface area contributed by atoms with Crippen LogP contribution in [0.1, 0.15) is 30.9 Å². The maximum Gasteiger partial charge on any atom is 0.156 e. The molecule has 0 aromatic carbocycles. The van der Waals surface area contributed by atoms with Crippen molar-refractivity contribution in [3.8, 4) is 0 Å². The predicted octanol–water partition coefficient (Wildman–Crippen LogP) is 2.10. The van der Waals surface area contributed by atoms with E-state index in [0.29, 0.717) is 22.4 Å². The van der Waals surface area contributed by atoms with Gasteiger partial charge in [-0.3, -0.25) is 0 Å². The molecule has 82 valence electrons. The summed E-state index contributed by atoms with van der Waals surface area (Å²) in [6, 6.07) is 0. The molecule has 0 aliphatic heterocycles. The average Bonchev–Trinajstić information content (AvgIpc) is 2.70. The predicted molar refractivity (Wildman–Crippen MR) is 61.5 cm³/mol. The Morgan fingerprint density at radius 2 is 2.33 bits per heavy atom. The van der Waals surface area contributed by atoms with E-state index in [1.54, 1.807) is 13.3 Å². The number of ether oxygens (including phenoxy) is 1. The highest BCUT2D eigenvalue weighted by Crippen LogP contribution is 2.35. The van der Waals surface area contributed by atoms with E-state index in [1.807, 2.05) is 0 Å². The zero-order valence-electron chi connectivity index (χ0n) is 8.61. The van der Waals surface area contributed by atoms with Crippen LogP contribution in [-0.4, -0.2) is 23.2 Å². The van der Waals surface area contributed by atoms with Gasteiger partial charge >= 0.3 is 0 Å². The molecule has 2 rings (SSSR count). The molecule has 2 N–H and O–H groups in total. The summed E-state index contributed by atoms with van der Waals surface area (Å²) in [5.41, 5.74) is 6.61. The van der Waals surface area contributed by atoms with Gasteiger partial charge in [-0.05, 0) is 35.2 Å². The lowest BCUT2D eigenvalue weighted by Gasteiger charge is -2.10. The Morgan fingerprint density at radius 1 is 1.53 bits per heavy atom. The molecule has 1 fully saturated rings. The summed E-state index contributed by atoms with van der Waals surface area (Å²) < 4.78 is 5.97. The molecule has 0 spiro atoms. The molecule has 4 nitrogen and oxygen atoms in total. The number of nitrogens with two attached hydrogens (primary N) is 1. The van der Waals surface area contributed by atoms with Gasteiger partial charge in [0, 0.05) is 13.0 Å². The molecule has 2 atom stereocenters. The van der Waals surface area contributed by atoms with Gasteiger partial charge in [-0.1, -0.05) is 0 Å². The fraction of sp³-hybridized carbons (Fsp3) is 0.600. The van der Waals surface area contributed by atoms with Crippen molar-refractivity contribution in [2.75, 3.05) is 12.8 Å². The van der Waals surface area contributed by atoms with Crippen LogP contribution in [0.2, 0.25) is 0 Å². The van der Waals surface area contributed by atoms with Gasteiger partial charge in [0.15, 0.2) is 5.82 Å². The molecule has 1 aliphatic rings. The van der Waals surface area contributed by atoms with E-state index in [-0.39, 0.29) is 0 Å². The highest BCUT2D eigenvalue weighted by Gasteiger charge is 2.27. The van der Waals surface area contributed by atoms with Crippen LogP contribution in [-0.2, 0) is 4.74 Å². The molecule has 2 unspecified atom stereocenters. The van der Waals surface area contributed by atoms with Crippen molar-refractivity contribution >= 4 is 21.7 Å². The molecular weight excluding hydrogens is 258 g/mol. The minimum absolute atomic E-state index is 0.369. The van der Waals surface area contributed by atoms with Crippen LogP contribution in [0.5, 0.6) is 0 Å². The summed E-state index contributed by atoms with van der Waals surface area (Å²) in [5, 5.41) is 0. The number of rotatable bonds is 2. The van der Waals surface area contributed by atoms with E-state index >= 15 is 0 Å². The summed E-state index contributed by atoms with van der Waals surface area (Å²) in [4.78, 5) is 8.50. The lowest BCUT2D eigenvalue weighted by molar-refractivity contribution is 0.108. The Balaban J connectivity index is 2.13. The Morgan fingerprint density at radius 3 is 2.93 bits per heavy atom. The van der Waals surface area contributed by atoms with Crippen LogP contribution in [0.3, 0.4) is 0 Å². The average molecular weight is 272 g/mol. The van der Waals surface area contributed by atoms with Gasteiger partial charge in [0.25, 0.3) is 0 Å². The quantitative estimate of drug-likeness (QED) is 0.895. The molecule has 0 radical (unpaired) electrons. The zero-order valence-corrected chi connectivity index (χ0v) is 10.2. The first kappa shape index (κ1) is 10.8. The van der Waals surface area contributed by atoms with E-state index in [0.717, 1.165) is 25.0 Å². The molecule has 15 heavy (non-hydrogen) atoms. The van der Waals surface area contributed by atoms with Crippen molar-refractivity contribution in [1.29, 1.82) is 0 Å². The lowest BCUT2D eigenvalue weighted by atomic mass is 10.0. The standard InChI is InChI=1S/C10H14BrN3O/c1-15-7-3-2-6(4-7)8-5-13-10(12)9(11)14-8/h5-7H,2-4H2,1H3,(H2,12,13). The van der Waals surface area contributed by atoms with Crippen molar-refractivity contribution in [3.05, 3.63) is 16.5 Å². The topological polar surface area (TPSA) is 61.0 Å². The van der Waals surface area contributed by atoms with Gasteiger partial charge in [-0.2, -0.15) is 0 Å². The third-order valence-electron chi connectivity index (χ3n) is 2.91. The Hall–Kier alpha value is -0.680. The van der Waals surface area contributed by atoms with Crippen molar-refractivity contribution in [2.24, 2.45) is 0 Å². The zero-order chi connectivity index (χ0) is 10.8. The van der Waals surface area contributed by atoms with Crippen LogP contribution in [0.15, 0.2) is 10.8 Å². The van der Waals surface area contributed by atoms with Crippen molar-refractivity contribution in [2.45, 2.75) is 31.3 Å². The molecule has 0 bridgehead atoms. The van der Waals surface area contributed by atoms with Gasteiger partial charge in [-0.15, -0.1) is 0 Å². The fourth-order valence-corrected chi connectivity index (χ4v) is 2.32. The number of nitrogen functional groups attached to an aromatic ring is 1. The van der Waals surface area contributed by atoms with E-state index in [4.69, 9.17) is 10.5 Å². The van der Waals surface area contributed by atoms with E-state index in [1.165, 1.54) is 0 Å². The number of methoxy groups -OCH3 is 1. The monoisotopic (exact) mass is 271 g/mol. The molecule has 1 aromatic heterocycles. The van der Waals surface area contributed by atoms with Crippen molar-refractivity contribution < 1.29 is 4.74 Å². The largest absolute Gasteiger partial charge is 0.381 e. The SMILES string of the molecule is COC1CCC(c2cnc(N)c(Br)n2)C1. The van der Waals surface area contributed by atoms with Crippen LogP contribution in [0.4, 0.5) is 5.82 Å². The van der Waals surface area contributed by atoms with E-state index < -0.39 is 0 Å². The molecule has 1 saturated carbocycles. The fourth-order valence-electron chi connectivity index (χ4n) is 2.01. The molecule has 1 aliphatic carbocycles. The first-order chi connectivity index (χ1) is 7.20. The van der Waals surface area contributed by atoms with Crippen LogP contribution in [0, 0.1) is 0 Å². The molecule has 1 heterocycles. The second kappa shape index (κ2) is 4.45. The number of halogens is 1. The number of aromatic nitrogens is 2. The molecule has 0 saturated heterocycles. The highest BCUT2D eigenvalue weighted by molar-refractivity contribution is 9.10. The lowest BCUT2D eigenvalue weighted by Crippen LogP contribution is -2.06.